The molecule has 3 rings (SSSR count). The highest BCUT2D eigenvalue weighted by molar-refractivity contribution is 5.93. The van der Waals surface area contributed by atoms with Crippen LogP contribution in [0.25, 0.3) is 0 Å². The van der Waals surface area contributed by atoms with E-state index in [1.54, 1.807) is 54.6 Å². The van der Waals surface area contributed by atoms with Gasteiger partial charge < -0.3 is 18.9 Å². The summed E-state index contributed by atoms with van der Waals surface area (Å²) in [5, 5.41) is 0. The van der Waals surface area contributed by atoms with Gasteiger partial charge in [-0.25, -0.2) is 14.4 Å². The predicted octanol–water partition coefficient (Wildman–Crippen LogP) is 6.66. The van der Waals surface area contributed by atoms with Crippen molar-refractivity contribution in [1.82, 2.24) is 0 Å². The van der Waals surface area contributed by atoms with Gasteiger partial charge in [-0.3, -0.25) is 0 Å². The van der Waals surface area contributed by atoms with Crippen molar-refractivity contribution in [2.24, 2.45) is 0 Å². The summed E-state index contributed by atoms with van der Waals surface area (Å²) in [5.74, 6) is 0.107. The smallest absolute Gasteiger partial charge is 0.343 e. The summed E-state index contributed by atoms with van der Waals surface area (Å²) in [6, 6.07) is 18.7. The molecule has 0 N–H and O–H groups in total. The van der Waals surface area contributed by atoms with E-state index in [0.29, 0.717) is 41.6 Å². The van der Waals surface area contributed by atoms with Crippen molar-refractivity contribution in [2.45, 2.75) is 46.0 Å². The normalized spacial score (nSPS) is 10.4. The van der Waals surface area contributed by atoms with Crippen molar-refractivity contribution >= 4 is 17.9 Å². The van der Waals surface area contributed by atoms with Gasteiger partial charge in [0.25, 0.3) is 0 Å². The second-order valence-electron chi connectivity index (χ2n) is 8.92. The Labute approximate surface area is 229 Å². The Morgan fingerprint density at radius 2 is 1.31 bits per heavy atom. The molecule has 3 aromatic carbocycles. The van der Waals surface area contributed by atoms with Crippen LogP contribution in [0.3, 0.4) is 0 Å². The van der Waals surface area contributed by atoms with Crippen LogP contribution >= 0.6 is 0 Å². The molecule has 7 heteroatoms. The highest BCUT2D eigenvalue weighted by Crippen LogP contribution is 2.22. The van der Waals surface area contributed by atoms with Crippen LogP contribution in [0.1, 0.15) is 64.4 Å². The third-order valence-corrected chi connectivity index (χ3v) is 5.96. The molecule has 0 atom stereocenters. The molecular formula is C32H34O7. The number of carbonyl (C=O) groups excluding carboxylic acids is 3. The molecule has 0 saturated carbocycles. The summed E-state index contributed by atoms with van der Waals surface area (Å²) in [7, 11) is 0. The largest absolute Gasteiger partial charge is 0.493 e. The highest BCUT2D eigenvalue weighted by atomic mass is 16.5. The number of ether oxygens (including phenoxy) is 4. The van der Waals surface area contributed by atoms with Crippen LogP contribution in [0, 0.1) is 6.92 Å². The minimum atomic E-state index is -0.506. The maximum atomic E-state index is 12.6. The predicted molar refractivity (Wildman–Crippen MR) is 148 cm³/mol. The molecular weight excluding hydrogens is 496 g/mol. The molecule has 0 spiro atoms. The average molecular weight is 531 g/mol. The van der Waals surface area contributed by atoms with Gasteiger partial charge in [-0.05, 0) is 105 Å². The number of hydrogen-bond donors (Lipinski definition) is 0. The Balaban J connectivity index is 1.43. The lowest BCUT2D eigenvalue weighted by atomic mass is 10.1. The number of esters is 3. The fraction of sp³-hybridized carbons (Fsp3) is 0.281. The number of rotatable bonds is 14. The van der Waals surface area contributed by atoms with E-state index in [1.165, 1.54) is 0 Å². The first kappa shape index (κ1) is 29.2. The van der Waals surface area contributed by atoms with Crippen LogP contribution in [0.4, 0.5) is 0 Å². The Kier molecular flexibility index (Phi) is 11.3. The summed E-state index contributed by atoms with van der Waals surface area (Å²) in [5.41, 5.74) is 2.73. The maximum Gasteiger partial charge on any atom is 0.343 e. The van der Waals surface area contributed by atoms with Crippen LogP contribution in [0.5, 0.6) is 17.2 Å². The molecule has 0 unspecified atom stereocenters. The molecule has 0 aromatic heterocycles. The van der Waals surface area contributed by atoms with Gasteiger partial charge in [0, 0.05) is 6.08 Å². The number of hydrogen-bond acceptors (Lipinski definition) is 7. The number of carbonyl (C=O) groups is 3. The molecule has 0 fully saturated rings. The van der Waals surface area contributed by atoms with Gasteiger partial charge in [0.15, 0.2) is 0 Å². The molecule has 204 valence electrons. The van der Waals surface area contributed by atoms with Gasteiger partial charge in [-0.15, -0.1) is 0 Å². The van der Waals surface area contributed by atoms with Crippen LogP contribution in [-0.2, 0) is 16.0 Å². The van der Waals surface area contributed by atoms with Gasteiger partial charge in [0.1, 0.15) is 17.2 Å². The van der Waals surface area contributed by atoms with E-state index in [1.807, 2.05) is 19.1 Å². The Morgan fingerprint density at radius 1 is 0.744 bits per heavy atom. The van der Waals surface area contributed by atoms with E-state index in [2.05, 4.69) is 13.5 Å². The third kappa shape index (κ3) is 9.45. The van der Waals surface area contributed by atoms with Gasteiger partial charge in [-0.1, -0.05) is 25.6 Å². The molecule has 0 radical (unpaired) electrons. The molecule has 0 amide bonds. The van der Waals surface area contributed by atoms with E-state index >= 15 is 0 Å². The van der Waals surface area contributed by atoms with E-state index in [-0.39, 0.29) is 0 Å². The first-order chi connectivity index (χ1) is 18.9. The second kappa shape index (κ2) is 15.1. The van der Waals surface area contributed by atoms with Gasteiger partial charge >= 0.3 is 17.9 Å². The van der Waals surface area contributed by atoms with E-state index in [9.17, 15) is 14.4 Å². The lowest BCUT2D eigenvalue weighted by Crippen LogP contribution is -2.10. The van der Waals surface area contributed by atoms with Gasteiger partial charge in [0.2, 0.25) is 0 Å². The van der Waals surface area contributed by atoms with Crippen molar-refractivity contribution in [1.29, 1.82) is 0 Å². The molecule has 0 aliphatic carbocycles. The number of unbranched alkanes of at least 4 members (excludes halogenated alkanes) is 3. The lowest BCUT2D eigenvalue weighted by molar-refractivity contribution is -0.137. The third-order valence-electron chi connectivity index (χ3n) is 5.96. The topological polar surface area (TPSA) is 88.1 Å². The fourth-order valence-corrected chi connectivity index (χ4v) is 3.69. The average Bonchev–Trinajstić information content (AvgIpc) is 2.95. The monoisotopic (exact) mass is 530 g/mol. The summed E-state index contributed by atoms with van der Waals surface area (Å²) in [6.45, 7) is 8.24. The summed E-state index contributed by atoms with van der Waals surface area (Å²) in [4.78, 5) is 36.1. The SMILES string of the molecule is C=CC(=O)OCCCCCCOc1ccc(C(=O)Oc2ccc(C(=O)Oc3ccc(CC)cc3)cc2)cc1C. The number of aryl methyl sites for hydroxylation is 2. The van der Waals surface area contributed by atoms with Crippen molar-refractivity contribution in [3.8, 4) is 17.2 Å². The van der Waals surface area contributed by atoms with Crippen LogP contribution in [-0.4, -0.2) is 31.1 Å². The molecule has 0 saturated heterocycles. The minimum Gasteiger partial charge on any atom is -0.493 e. The zero-order chi connectivity index (χ0) is 28.0. The zero-order valence-electron chi connectivity index (χ0n) is 22.4. The summed E-state index contributed by atoms with van der Waals surface area (Å²) < 4.78 is 21.7. The maximum absolute atomic E-state index is 12.6. The lowest BCUT2D eigenvalue weighted by Gasteiger charge is -2.11. The van der Waals surface area contributed by atoms with Crippen molar-refractivity contribution in [3.05, 3.63) is 102 Å². The van der Waals surface area contributed by atoms with Gasteiger partial charge in [0.05, 0.1) is 24.3 Å². The standard InChI is InChI=1S/C32H34O7/c1-4-24-10-15-27(16-11-24)38-31(34)25-12-17-28(18-13-25)39-32(35)26-14-19-29(23(3)22-26)36-20-8-6-7-9-21-37-30(33)5-2/h5,10-19,22H,2,4,6-9,20-21H2,1,3H3. The van der Waals surface area contributed by atoms with E-state index < -0.39 is 17.9 Å². The quantitative estimate of drug-likeness (QED) is 0.0996. The van der Waals surface area contributed by atoms with Crippen molar-refractivity contribution in [2.75, 3.05) is 13.2 Å². The Hall–Kier alpha value is -4.39. The van der Waals surface area contributed by atoms with Crippen molar-refractivity contribution in [3.63, 3.8) is 0 Å². The van der Waals surface area contributed by atoms with Crippen molar-refractivity contribution < 1.29 is 33.3 Å². The van der Waals surface area contributed by atoms with Gasteiger partial charge in [-0.2, -0.15) is 0 Å². The van der Waals surface area contributed by atoms with Crippen LogP contribution in [0.15, 0.2) is 79.4 Å². The summed E-state index contributed by atoms with van der Waals surface area (Å²) in [6.07, 6.45) is 5.63. The molecule has 3 aromatic rings. The molecule has 0 aliphatic rings. The minimum absolute atomic E-state index is 0.320. The van der Waals surface area contributed by atoms with E-state index in [4.69, 9.17) is 18.9 Å². The molecule has 0 bridgehead atoms. The first-order valence-electron chi connectivity index (χ1n) is 13.1. The number of benzene rings is 3. The zero-order valence-corrected chi connectivity index (χ0v) is 22.4. The molecule has 0 aliphatic heterocycles. The van der Waals surface area contributed by atoms with Crippen LogP contribution < -0.4 is 14.2 Å². The summed E-state index contributed by atoms with van der Waals surface area (Å²) >= 11 is 0. The Bertz CT molecular complexity index is 1260. The highest BCUT2D eigenvalue weighted by Gasteiger charge is 2.13. The molecule has 0 heterocycles. The fourth-order valence-electron chi connectivity index (χ4n) is 3.69. The first-order valence-corrected chi connectivity index (χ1v) is 13.1. The second-order valence-corrected chi connectivity index (χ2v) is 8.92. The molecule has 39 heavy (non-hydrogen) atoms. The Morgan fingerprint density at radius 3 is 1.90 bits per heavy atom. The van der Waals surface area contributed by atoms with E-state index in [0.717, 1.165) is 49.3 Å². The molecule has 7 nitrogen and oxygen atoms in total. The van der Waals surface area contributed by atoms with Crippen LogP contribution in [0.2, 0.25) is 0 Å².